The number of likely N-dealkylation sites (N-methyl/N-ethyl adjacent to an activating group) is 1. The fourth-order valence-electron chi connectivity index (χ4n) is 1.67. The molecule has 0 radical (unpaired) electrons. The van der Waals surface area contributed by atoms with E-state index in [1.165, 1.54) is 5.56 Å². The number of hydrogen-bond donors (Lipinski definition) is 2. The lowest BCUT2D eigenvalue weighted by molar-refractivity contribution is 0.132. The molecular weight excluding hydrogens is 280 g/mol. The Hall–Kier alpha value is -0.420. The van der Waals surface area contributed by atoms with Gasteiger partial charge in [-0.1, -0.05) is 28.1 Å². The van der Waals surface area contributed by atoms with Crippen molar-refractivity contribution in [3.8, 4) is 0 Å². The van der Waals surface area contributed by atoms with E-state index in [4.69, 9.17) is 0 Å². The molecule has 0 bridgehead atoms. The molecule has 0 saturated carbocycles. The van der Waals surface area contributed by atoms with E-state index in [1.807, 2.05) is 31.1 Å². The number of benzene rings is 1. The Morgan fingerprint density at radius 1 is 1.29 bits per heavy atom. The van der Waals surface area contributed by atoms with Gasteiger partial charge in [-0.05, 0) is 38.7 Å². The maximum absolute atomic E-state index is 9.75. The third kappa shape index (κ3) is 5.64. The summed E-state index contributed by atoms with van der Waals surface area (Å²) >= 11 is 3.42. The maximum Gasteiger partial charge on any atom is 0.0791 e. The molecule has 0 aliphatic carbocycles. The first-order valence-electron chi connectivity index (χ1n) is 5.80. The zero-order valence-electron chi connectivity index (χ0n) is 10.7. The molecule has 0 saturated heterocycles. The summed E-state index contributed by atoms with van der Waals surface area (Å²) in [6, 6.07) is 8.48. The van der Waals surface area contributed by atoms with E-state index >= 15 is 0 Å². The van der Waals surface area contributed by atoms with E-state index in [9.17, 15) is 5.11 Å². The van der Waals surface area contributed by atoms with Crippen LogP contribution in [0.3, 0.4) is 0 Å². The van der Waals surface area contributed by atoms with E-state index in [-0.39, 0.29) is 12.1 Å². The van der Waals surface area contributed by atoms with Crippen molar-refractivity contribution in [2.45, 2.75) is 19.1 Å². The van der Waals surface area contributed by atoms with Crippen LogP contribution in [-0.4, -0.2) is 43.3 Å². The second kappa shape index (κ2) is 7.11. The van der Waals surface area contributed by atoms with E-state index in [0.29, 0.717) is 13.1 Å². The van der Waals surface area contributed by atoms with Gasteiger partial charge in [0, 0.05) is 23.6 Å². The standard InChI is InChI=1S/C13H21BrN2O/c1-10(11-4-6-12(14)7-5-11)15-8-13(17)9-16(2)3/h4-7,10,13,15,17H,8-9H2,1-3H3/t10-,13?/m1/s1. The lowest BCUT2D eigenvalue weighted by atomic mass is 10.1. The molecule has 1 unspecified atom stereocenters. The summed E-state index contributed by atoms with van der Waals surface area (Å²) in [6.45, 7) is 3.39. The Morgan fingerprint density at radius 2 is 1.88 bits per heavy atom. The first-order valence-corrected chi connectivity index (χ1v) is 6.60. The van der Waals surface area contributed by atoms with Gasteiger partial charge in [0.15, 0.2) is 0 Å². The number of aliphatic hydroxyl groups excluding tert-OH is 1. The van der Waals surface area contributed by atoms with Crippen molar-refractivity contribution >= 4 is 15.9 Å². The molecule has 4 heteroatoms. The molecule has 1 aromatic rings. The Labute approximate surface area is 112 Å². The minimum Gasteiger partial charge on any atom is -0.390 e. The van der Waals surface area contributed by atoms with E-state index in [0.717, 1.165) is 4.47 Å². The molecule has 0 aliphatic rings. The van der Waals surface area contributed by atoms with Gasteiger partial charge >= 0.3 is 0 Å². The third-order valence-electron chi connectivity index (χ3n) is 2.61. The highest BCUT2D eigenvalue weighted by molar-refractivity contribution is 9.10. The number of aliphatic hydroxyl groups is 1. The summed E-state index contributed by atoms with van der Waals surface area (Å²) in [5, 5.41) is 13.1. The van der Waals surface area contributed by atoms with Crippen LogP contribution in [0.1, 0.15) is 18.5 Å². The highest BCUT2D eigenvalue weighted by Crippen LogP contribution is 2.16. The van der Waals surface area contributed by atoms with E-state index < -0.39 is 0 Å². The summed E-state index contributed by atoms with van der Waals surface area (Å²) in [5.41, 5.74) is 1.23. The number of nitrogens with zero attached hydrogens (tertiary/aromatic N) is 1. The van der Waals surface area contributed by atoms with Gasteiger partial charge in [-0.15, -0.1) is 0 Å². The van der Waals surface area contributed by atoms with Crippen LogP contribution in [0.25, 0.3) is 0 Å². The van der Waals surface area contributed by atoms with E-state index in [1.54, 1.807) is 0 Å². The fraction of sp³-hybridized carbons (Fsp3) is 0.538. The van der Waals surface area contributed by atoms with Crippen molar-refractivity contribution in [2.24, 2.45) is 0 Å². The molecular formula is C13H21BrN2O. The van der Waals surface area contributed by atoms with Crippen LogP contribution >= 0.6 is 15.9 Å². The summed E-state index contributed by atoms with van der Waals surface area (Å²) in [4.78, 5) is 1.98. The first kappa shape index (κ1) is 14.6. The van der Waals surface area contributed by atoms with E-state index in [2.05, 4.69) is 40.3 Å². The number of halogens is 1. The fourth-order valence-corrected chi connectivity index (χ4v) is 1.93. The predicted octanol–water partition coefficient (Wildman–Crippen LogP) is 2.02. The summed E-state index contributed by atoms with van der Waals surface area (Å²) in [5.74, 6) is 0. The Kier molecular flexibility index (Phi) is 6.12. The molecule has 96 valence electrons. The Morgan fingerprint density at radius 3 is 2.41 bits per heavy atom. The molecule has 2 atom stereocenters. The van der Waals surface area contributed by atoms with Crippen molar-refractivity contribution in [2.75, 3.05) is 27.2 Å². The van der Waals surface area contributed by atoms with Gasteiger partial charge in [-0.3, -0.25) is 0 Å². The molecule has 17 heavy (non-hydrogen) atoms. The van der Waals surface area contributed by atoms with Crippen molar-refractivity contribution in [3.05, 3.63) is 34.3 Å². The zero-order valence-corrected chi connectivity index (χ0v) is 12.2. The van der Waals surface area contributed by atoms with Crippen LogP contribution in [-0.2, 0) is 0 Å². The normalized spacial score (nSPS) is 14.9. The quantitative estimate of drug-likeness (QED) is 0.844. The molecule has 0 amide bonds. The largest absolute Gasteiger partial charge is 0.390 e. The molecule has 0 heterocycles. The zero-order chi connectivity index (χ0) is 12.8. The second-order valence-corrected chi connectivity index (χ2v) is 5.51. The van der Waals surface area contributed by atoms with Crippen LogP contribution in [0.5, 0.6) is 0 Å². The minimum atomic E-state index is -0.331. The molecule has 0 aromatic heterocycles. The third-order valence-corrected chi connectivity index (χ3v) is 3.13. The van der Waals surface area contributed by atoms with Gasteiger partial charge in [0.05, 0.1) is 6.10 Å². The highest BCUT2D eigenvalue weighted by Gasteiger charge is 2.09. The smallest absolute Gasteiger partial charge is 0.0791 e. The van der Waals surface area contributed by atoms with Crippen LogP contribution in [0.15, 0.2) is 28.7 Å². The van der Waals surface area contributed by atoms with Gasteiger partial charge < -0.3 is 15.3 Å². The van der Waals surface area contributed by atoms with Gasteiger partial charge in [-0.2, -0.15) is 0 Å². The molecule has 3 nitrogen and oxygen atoms in total. The summed E-state index contributed by atoms with van der Waals surface area (Å²) in [6.07, 6.45) is -0.331. The highest BCUT2D eigenvalue weighted by atomic mass is 79.9. The molecule has 1 rings (SSSR count). The lowest BCUT2D eigenvalue weighted by Gasteiger charge is -2.20. The SMILES string of the molecule is C[C@@H](NCC(O)CN(C)C)c1ccc(Br)cc1. The Bertz CT molecular complexity index is 327. The lowest BCUT2D eigenvalue weighted by Crippen LogP contribution is -2.36. The van der Waals surface area contributed by atoms with Crippen molar-refractivity contribution in [1.82, 2.24) is 10.2 Å². The van der Waals surface area contributed by atoms with Crippen LogP contribution in [0.4, 0.5) is 0 Å². The molecule has 2 N–H and O–H groups in total. The maximum atomic E-state index is 9.75. The number of nitrogens with one attached hydrogen (secondary N) is 1. The van der Waals surface area contributed by atoms with Crippen LogP contribution < -0.4 is 5.32 Å². The van der Waals surface area contributed by atoms with Gasteiger partial charge in [0.1, 0.15) is 0 Å². The van der Waals surface area contributed by atoms with Gasteiger partial charge in [0.25, 0.3) is 0 Å². The monoisotopic (exact) mass is 300 g/mol. The predicted molar refractivity (Wildman–Crippen MR) is 75.1 cm³/mol. The number of hydrogen-bond acceptors (Lipinski definition) is 3. The minimum absolute atomic E-state index is 0.250. The first-order chi connectivity index (χ1) is 7.99. The van der Waals surface area contributed by atoms with Crippen molar-refractivity contribution in [1.29, 1.82) is 0 Å². The van der Waals surface area contributed by atoms with Crippen LogP contribution in [0.2, 0.25) is 0 Å². The molecule has 0 spiro atoms. The van der Waals surface area contributed by atoms with Gasteiger partial charge in [-0.25, -0.2) is 0 Å². The van der Waals surface area contributed by atoms with Crippen molar-refractivity contribution in [3.63, 3.8) is 0 Å². The Balaban J connectivity index is 2.39. The summed E-state index contributed by atoms with van der Waals surface area (Å²) in [7, 11) is 3.92. The number of rotatable bonds is 6. The van der Waals surface area contributed by atoms with Gasteiger partial charge in [0.2, 0.25) is 0 Å². The average Bonchev–Trinajstić information content (AvgIpc) is 2.26. The van der Waals surface area contributed by atoms with Crippen molar-refractivity contribution < 1.29 is 5.11 Å². The molecule has 1 aromatic carbocycles. The molecule has 0 fully saturated rings. The average molecular weight is 301 g/mol. The molecule has 0 aliphatic heterocycles. The second-order valence-electron chi connectivity index (χ2n) is 4.60. The van der Waals surface area contributed by atoms with Crippen LogP contribution in [0, 0.1) is 0 Å². The summed E-state index contributed by atoms with van der Waals surface area (Å²) < 4.78 is 1.08. The topological polar surface area (TPSA) is 35.5 Å².